The molecule has 1 aromatic heterocycles. The highest BCUT2D eigenvalue weighted by atomic mass is 16.5. The Balaban J connectivity index is 1.76. The lowest BCUT2D eigenvalue weighted by molar-refractivity contribution is 0.421. The van der Waals surface area contributed by atoms with Gasteiger partial charge in [0.1, 0.15) is 0 Å². The molecular weight excluding hydrogens is 332 g/mol. The lowest BCUT2D eigenvalue weighted by atomic mass is 9.76. The predicted octanol–water partition coefficient (Wildman–Crippen LogP) is 5.72. The van der Waals surface area contributed by atoms with E-state index in [0.29, 0.717) is 0 Å². The van der Waals surface area contributed by atoms with Crippen LogP contribution in [0.5, 0.6) is 0 Å². The first kappa shape index (κ1) is 17.8. The number of aromatic nitrogens is 1. The normalized spacial score (nSPS) is 14.3. The molecule has 3 nitrogen and oxygen atoms in total. The minimum atomic E-state index is -0.0471. The molecule has 0 amide bonds. The largest absolute Gasteiger partial charge is 0.387 e. The number of hydrogen-bond acceptors (Lipinski definition) is 3. The average molecular weight is 361 g/mol. The minimum Gasteiger partial charge on any atom is -0.387 e. The Labute approximate surface area is 161 Å². The van der Waals surface area contributed by atoms with E-state index in [1.165, 1.54) is 22.3 Å². The van der Waals surface area contributed by atoms with E-state index in [4.69, 9.17) is 4.52 Å². The van der Waals surface area contributed by atoms with Gasteiger partial charge < -0.3 is 9.84 Å². The van der Waals surface area contributed by atoms with Crippen molar-refractivity contribution in [2.45, 2.75) is 58.4 Å². The first-order valence-corrected chi connectivity index (χ1v) is 9.67. The van der Waals surface area contributed by atoms with Crippen molar-refractivity contribution in [3.05, 3.63) is 70.5 Å². The highest BCUT2D eigenvalue weighted by Gasteiger charge is 2.29. The number of nitrogens with zero attached hydrogens (tertiary/aromatic N) is 1. The fourth-order valence-electron chi connectivity index (χ4n) is 4.11. The van der Waals surface area contributed by atoms with Gasteiger partial charge in [-0.05, 0) is 45.9 Å². The van der Waals surface area contributed by atoms with Gasteiger partial charge in [0, 0.05) is 23.9 Å². The topological polar surface area (TPSA) is 38.1 Å². The fourth-order valence-corrected chi connectivity index (χ4v) is 4.11. The smallest absolute Gasteiger partial charge is 0.170 e. The van der Waals surface area contributed by atoms with E-state index in [1.54, 1.807) is 0 Å². The van der Waals surface area contributed by atoms with Crippen LogP contribution in [0, 0.1) is 0 Å². The maximum Gasteiger partial charge on any atom is 0.170 e. The van der Waals surface area contributed by atoms with E-state index < -0.39 is 0 Å². The summed E-state index contributed by atoms with van der Waals surface area (Å²) < 4.78 is 5.83. The third-order valence-electron chi connectivity index (χ3n) is 5.58. The Morgan fingerprint density at radius 2 is 1.74 bits per heavy atom. The molecule has 0 atom stereocenters. The molecule has 0 radical (unpaired) electrons. The van der Waals surface area contributed by atoms with Crippen molar-refractivity contribution in [1.82, 2.24) is 10.5 Å². The van der Waals surface area contributed by atoms with Crippen LogP contribution >= 0.6 is 0 Å². The standard InChI is InChI=1S/C24H28N2O/c1-23(2,3)20-11-7-9-18-21(26-27-22(18)20)14-24(4,5)19-10-6-8-16-15-25-13-12-17(16)19/h6-13,25H,14-15H2,1-5H3. The molecule has 27 heavy (non-hydrogen) atoms. The Hall–Kier alpha value is -2.55. The van der Waals surface area contributed by atoms with Crippen LogP contribution < -0.4 is 5.32 Å². The van der Waals surface area contributed by atoms with E-state index in [2.05, 4.69) is 87.6 Å². The summed E-state index contributed by atoms with van der Waals surface area (Å²) in [7, 11) is 0. The van der Waals surface area contributed by atoms with Crippen molar-refractivity contribution in [2.24, 2.45) is 0 Å². The highest BCUT2D eigenvalue weighted by Crippen LogP contribution is 2.37. The van der Waals surface area contributed by atoms with Gasteiger partial charge in [0.15, 0.2) is 5.58 Å². The Kier molecular flexibility index (Phi) is 4.14. The lowest BCUT2D eigenvalue weighted by Gasteiger charge is -2.29. The number of hydrogen-bond donors (Lipinski definition) is 1. The van der Waals surface area contributed by atoms with E-state index in [0.717, 1.165) is 29.6 Å². The summed E-state index contributed by atoms with van der Waals surface area (Å²) in [6.45, 7) is 12.1. The molecule has 1 aliphatic heterocycles. The Bertz CT molecular complexity index is 1020. The van der Waals surface area contributed by atoms with Gasteiger partial charge in [-0.3, -0.25) is 0 Å². The maximum absolute atomic E-state index is 5.83. The van der Waals surface area contributed by atoms with E-state index in [9.17, 15) is 0 Å². The first-order chi connectivity index (χ1) is 12.8. The predicted molar refractivity (Wildman–Crippen MR) is 112 cm³/mol. The van der Waals surface area contributed by atoms with E-state index in [1.807, 2.05) is 6.20 Å². The second-order valence-electron chi connectivity index (χ2n) is 9.21. The van der Waals surface area contributed by atoms with Gasteiger partial charge in [-0.15, -0.1) is 0 Å². The van der Waals surface area contributed by atoms with Gasteiger partial charge in [-0.25, -0.2) is 0 Å². The molecule has 2 heterocycles. The van der Waals surface area contributed by atoms with Crippen molar-refractivity contribution < 1.29 is 4.52 Å². The van der Waals surface area contributed by atoms with Crippen LogP contribution in [0.2, 0.25) is 0 Å². The molecule has 0 unspecified atom stereocenters. The van der Waals surface area contributed by atoms with Crippen molar-refractivity contribution >= 4 is 17.0 Å². The second kappa shape index (κ2) is 6.26. The van der Waals surface area contributed by atoms with Crippen LogP contribution in [0.3, 0.4) is 0 Å². The van der Waals surface area contributed by atoms with E-state index in [-0.39, 0.29) is 10.8 Å². The summed E-state index contributed by atoms with van der Waals surface area (Å²) in [5, 5.41) is 8.93. The van der Waals surface area contributed by atoms with Crippen molar-refractivity contribution in [1.29, 1.82) is 0 Å². The molecule has 0 bridgehead atoms. The SMILES string of the molecule is CC(C)(C)c1cccc2c(CC(C)(C)c3cccc4c3C=CNC4)noc12. The molecule has 2 aromatic carbocycles. The van der Waals surface area contributed by atoms with Gasteiger partial charge in [0.2, 0.25) is 0 Å². The summed E-state index contributed by atoms with van der Waals surface area (Å²) in [6, 6.07) is 13.0. The number of para-hydroxylation sites is 1. The van der Waals surface area contributed by atoms with Crippen LogP contribution in [0.25, 0.3) is 17.0 Å². The van der Waals surface area contributed by atoms with Crippen molar-refractivity contribution in [2.75, 3.05) is 0 Å². The molecule has 0 fully saturated rings. The molecule has 0 aliphatic carbocycles. The van der Waals surface area contributed by atoms with E-state index >= 15 is 0 Å². The summed E-state index contributed by atoms with van der Waals surface area (Å²) in [6.07, 6.45) is 5.07. The van der Waals surface area contributed by atoms with Crippen molar-refractivity contribution in [3.63, 3.8) is 0 Å². The quantitative estimate of drug-likeness (QED) is 0.649. The molecule has 0 saturated carbocycles. The monoisotopic (exact) mass is 360 g/mol. The fraction of sp³-hybridized carbons (Fsp3) is 0.375. The first-order valence-electron chi connectivity index (χ1n) is 9.67. The minimum absolute atomic E-state index is 0.0299. The summed E-state index contributed by atoms with van der Waals surface area (Å²) in [4.78, 5) is 0. The second-order valence-corrected chi connectivity index (χ2v) is 9.21. The van der Waals surface area contributed by atoms with Gasteiger partial charge in [0.25, 0.3) is 0 Å². The molecule has 1 N–H and O–H groups in total. The number of fused-ring (bicyclic) bond motifs is 2. The number of nitrogens with one attached hydrogen (secondary N) is 1. The Morgan fingerprint density at radius 1 is 1.00 bits per heavy atom. The van der Waals surface area contributed by atoms with Crippen LogP contribution in [-0.4, -0.2) is 5.16 Å². The number of benzene rings is 2. The number of rotatable bonds is 3. The van der Waals surface area contributed by atoms with Gasteiger partial charge in [-0.2, -0.15) is 0 Å². The van der Waals surface area contributed by atoms with Gasteiger partial charge in [-0.1, -0.05) is 70.1 Å². The molecule has 0 saturated heterocycles. The molecule has 3 heteroatoms. The Morgan fingerprint density at radius 3 is 2.52 bits per heavy atom. The molecule has 3 aromatic rings. The maximum atomic E-state index is 5.83. The molecular formula is C24H28N2O. The molecule has 4 rings (SSSR count). The highest BCUT2D eigenvalue weighted by molar-refractivity contribution is 5.83. The molecule has 1 aliphatic rings. The zero-order chi connectivity index (χ0) is 19.2. The summed E-state index contributed by atoms with van der Waals surface area (Å²) in [5.41, 5.74) is 7.21. The van der Waals surface area contributed by atoms with Crippen LogP contribution in [0.1, 0.15) is 62.6 Å². The van der Waals surface area contributed by atoms with Gasteiger partial charge >= 0.3 is 0 Å². The summed E-state index contributed by atoms with van der Waals surface area (Å²) in [5.74, 6) is 0. The molecule has 0 spiro atoms. The van der Waals surface area contributed by atoms with Crippen LogP contribution in [0.4, 0.5) is 0 Å². The zero-order valence-corrected chi connectivity index (χ0v) is 16.9. The summed E-state index contributed by atoms with van der Waals surface area (Å²) >= 11 is 0. The zero-order valence-electron chi connectivity index (χ0n) is 16.9. The third kappa shape index (κ3) is 3.16. The average Bonchev–Trinajstić information content (AvgIpc) is 3.02. The molecule has 140 valence electrons. The van der Waals surface area contributed by atoms with Crippen LogP contribution in [0.15, 0.2) is 47.1 Å². The van der Waals surface area contributed by atoms with Crippen molar-refractivity contribution in [3.8, 4) is 0 Å². The lowest BCUT2D eigenvalue weighted by Crippen LogP contribution is -2.24. The van der Waals surface area contributed by atoms with Crippen LogP contribution in [-0.2, 0) is 23.8 Å². The van der Waals surface area contributed by atoms with Gasteiger partial charge in [0.05, 0.1) is 5.69 Å². The third-order valence-corrected chi connectivity index (χ3v) is 5.58.